The molecule has 1 unspecified atom stereocenters. The molecule has 0 radical (unpaired) electrons. The number of aryl methyl sites for hydroxylation is 1. The van der Waals surface area contributed by atoms with Crippen LogP contribution in [0.1, 0.15) is 32.3 Å². The van der Waals surface area contributed by atoms with E-state index in [4.69, 9.17) is 0 Å². The van der Waals surface area contributed by atoms with Crippen molar-refractivity contribution in [3.05, 3.63) is 33.9 Å². The van der Waals surface area contributed by atoms with E-state index >= 15 is 0 Å². The van der Waals surface area contributed by atoms with Gasteiger partial charge in [-0.05, 0) is 24.5 Å². The Bertz CT molecular complexity index is 431. The summed E-state index contributed by atoms with van der Waals surface area (Å²) in [4.78, 5) is 10.6. The molecule has 5 heteroatoms. The molecule has 0 aliphatic heterocycles. The number of nitro benzene ring substituents is 1. The van der Waals surface area contributed by atoms with Crippen LogP contribution in [0.4, 0.5) is 11.4 Å². The lowest BCUT2D eigenvalue weighted by Crippen LogP contribution is -2.27. The zero-order valence-corrected chi connectivity index (χ0v) is 11.7. The molecule has 1 aromatic carbocycles. The Hall–Kier alpha value is -1.62. The van der Waals surface area contributed by atoms with Crippen LogP contribution in [0.5, 0.6) is 0 Å². The van der Waals surface area contributed by atoms with E-state index in [2.05, 4.69) is 5.32 Å². The molecular formula is C14H22N2O3. The summed E-state index contributed by atoms with van der Waals surface area (Å²) in [5.74, 6) is 0.219. The van der Waals surface area contributed by atoms with Gasteiger partial charge in [-0.3, -0.25) is 10.1 Å². The molecule has 0 fully saturated rings. The smallest absolute Gasteiger partial charge is 0.292 e. The van der Waals surface area contributed by atoms with E-state index < -0.39 is 11.0 Å². The Morgan fingerprint density at radius 1 is 1.37 bits per heavy atom. The van der Waals surface area contributed by atoms with Gasteiger partial charge < -0.3 is 10.4 Å². The summed E-state index contributed by atoms with van der Waals surface area (Å²) in [6.45, 7) is 6.21. The number of rotatable bonds is 7. The molecule has 5 nitrogen and oxygen atoms in total. The second kappa shape index (κ2) is 7.09. The highest BCUT2D eigenvalue weighted by molar-refractivity contribution is 5.62. The maximum absolute atomic E-state index is 11.0. The van der Waals surface area contributed by atoms with Crippen LogP contribution < -0.4 is 5.32 Å². The minimum atomic E-state index is -0.490. The van der Waals surface area contributed by atoms with Crippen molar-refractivity contribution in [2.75, 3.05) is 11.9 Å². The van der Waals surface area contributed by atoms with Gasteiger partial charge in [-0.15, -0.1) is 0 Å². The largest absolute Gasteiger partial charge is 0.391 e. The predicted molar refractivity (Wildman–Crippen MR) is 76.4 cm³/mol. The number of hydrogen-bond acceptors (Lipinski definition) is 4. The lowest BCUT2D eigenvalue weighted by atomic mass is 9.96. The molecular weight excluding hydrogens is 244 g/mol. The zero-order valence-electron chi connectivity index (χ0n) is 11.7. The molecule has 1 rings (SSSR count). The topological polar surface area (TPSA) is 75.4 Å². The van der Waals surface area contributed by atoms with Crippen molar-refractivity contribution in [2.45, 2.75) is 39.7 Å². The van der Waals surface area contributed by atoms with Gasteiger partial charge in [-0.25, -0.2) is 0 Å². The molecule has 0 bridgehead atoms. The minimum Gasteiger partial charge on any atom is -0.391 e. The van der Waals surface area contributed by atoms with Crippen LogP contribution in [0.2, 0.25) is 0 Å². The third-order valence-electron chi connectivity index (χ3n) is 3.44. The van der Waals surface area contributed by atoms with E-state index in [9.17, 15) is 15.2 Å². The van der Waals surface area contributed by atoms with E-state index in [0.717, 1.165) is 18.4 Å². The second-order valence-electron chi connectivity index (χ2n) is 4.80. The van der Waals surface area contributed by atoms with Gasteiger partial charge in [0, 0.05) is 12.6 Å². The number of benzene rings is 1. The van der Waals surface area contributed by atoms with Crippen molar-refractivity contribution in [3.63, 3.8) is 0 Å². The van der Waals surface area contributed by atoms with Crippen LogP contribution in [-0.4, -0.2) is 22.7 Å². The van der Waals surface area contributed by atoms with E-state index in [1.807, 2.05) is 26.8 Å². The monoisotopic (exact) mass is 266 g/mol. The van der Waals surface area contributed by atoms with Crippen molar-refractivity contribution in [3.8, 4) is 0 Å². The molecule has 1 atom stereocenters. The molecule has 0 saturated carbocycles. The summed E-state index contributed by atoms with van der Waals surface area (Å²) < 4.78 is 0. The van der Waals surface area contributed by atoms with E-state index in [-0.39, 0.29) is 11.6 Å². The summed E-state index contributed by atoms with van der Waals surface area (Å²) in [5.41, 5.74) is 1.36. The van der Waals surface area contributed by atoms with Crippen LogP contribution in [-0.2, 0) is 0 Å². The first-order valence-electron chi connectivity index (χ1n) is 6.66. The number of nitrogens with zero attached hydrogens (tertiary/aromatic N) is 1. The number of anilines is 1. The fourth-order valence-corrected chi connectivity index (χ4v) is 2.16. The van der Waals surface area contributed by atoms with Crippen molar-refractivity contribution >= 4 is 11.4 Å². The van der Waals surface area contributed by atoms with E-state index in [0.29, 0.717) is 12.2 Å². The van der Waals surface area contributed by atoms with Crippen molar-refractivity contribution < 1.29 is 10.0 Å². The second-order valence-corrected chi connectivity index (χ2v) is 4.80. The van der Waals surface area contributed by atoms with Gasteiger partial charge in [0.1, 0.15) is 5.69 Å². The summed E-state index contributed by atoms with van der Waals surface area (Å²) >= 11 is 0. The van der Waals surface area contributed by atoms with Gasteiger partial charge in [-0.2, -0.15) is 0 Å². The van der Waals surface area contributed by atoms with Gasteiger partial charge in [0.25, 0.3) is 5.69 Å². The van der Waals surface area contributed by atoms with Crippen molar-refractivity contribution in [2.24, 2.45) is 5.92 Å². The Balaban J connectivity index is 2.75. The molecule has 2 N–H and O–H groups in total. The Morgan fingerprint density at radius 2 is 2.00 bits per heavy atom. The third kappa shape index (κ3) is 4.21. The van der Waals surface area contributed by atoms with Crippen LogP contribution >= 0.6 is 0 Å². The van der Waals surface area contributed by atoms with Gasteiger partial charge in [0.05, 0.1) is 11.0 Å². The Labute approximate surface area is 113 Å². The Kier molecular flexibility index (Phi) is 5.76. The molecule has 0 spiro atoms. The number of aliphatic hydroxyl groups is 1. The van der Waals surface area contributed by atoms with Crippen LogP contribution in [0.15, 0.2) is 18.2 Å². The van der Waals surface area contributed by atoms with Gasteiger partial charge in [-0.1, -0.05) is 32.8 Å². The van der Waals surface area contributed by atoms with Crippen molar-refractivity contribution in [1.82, 2.24) is 0 Å². The lowest BCUT2D eigenvalue weighted by molar-refractivity contribution is -0.384. The average molecular weight is 266 g/mol. The van der Waals surface area contributed by atoms with E-state index in [1.165, 1.54) is 6.07 Å². The first-order chi connectivity index (χ1) is 8.99. The quantitative estimate of drug-likeness (QED) is 0.587. The maximum atomic E-state index is 11.0. The highest BCUT2D eigenvalue weighted by atomic mass is 16.6. The fourth-order valence-electron chi connectivity index (χ4n) is 2.16. The molecule has 106 valence electrons. The molecule has 19 heavy (non-hydrogen) atoms. The number of nitro groups is 1. The number of nitrogens with one attached hydrogen (secondary N) is 1. The highest BCUT2D eigenvalue weighted by Crippen LogP contribution is 2.25. The number of hydrogen-bond donors (Lipinski definition) is 2. The average Bonchev–Trinajstić information content (AvgIpc) is 2.38. The lowest BCUT2D eigenvalue weighted by Gasteiger charge is -2.20. The maximum Gasteiger partial charge on any atom is 0.292 e. The summed E-state index contributed by atoms with van der Waals surface area (Å²) in [5, 5.41) is 24.0. The summed E-state index contributed by atoms with van der Waals surface area (Å²) in [6, 6.07) is 5.04. The predicted octanol–water partition coefficient (Wildman–Crippen LogP) is 3.11. The first kappa shape index (κ1) is 15.4. The molecule has 0 aromatic heterocycles. The van der Waals surface area contributed by atoms with Gasteiger partial charge >= 0.3 is 0 Å². The summed E-state index contributed by atoms with van der Waals surface area (Å²) in [6.07, 6.45) is 1.31. The minimum absolute atomic E-state index is 0.0525. The Morgan fingerprint density at radius 3 is 2.53 bits per heavy atom. The molecule has 0 heterocycles. The highest BCUT2D eigenvalue weighted by Gasteiger charge is 2.18. The first-order valence-corrected chi connectivity index (χ1v) is 6.66. The molecule has 0 aliphatic carbocycles. The summed E-state index contributed by atoms with van der Waals surface area (Å²) in [7, 11) is 0. The molecule has 0 amide bonds. The van der Waals surface area contributed by atoms with Crippen LogP contribution in [0, 0.1) is 23.0 Å². The van der Waals surface area contributed by atoms with Crippen LogP contribution in [0.3, 0.4) is 0 Å². The van der Waals surface area contributed by atoms with E-state index in [1.54, 1.807) is 6.07 Å². The SMILES string of the molecule is CCC(CC)C(O)CNc1ccc(C)cc1[N+](=O)[O-]. The van der Waals surface area contributed by atoms with Gasteiger partial charge in [0.2, 0.25) is 0 Å². The molecule has 0 saturated heterocycles. The number of aliphatic hydroxyl groups excluding tert-OH is 1. The van der Waals surface area contributed by atoms with Gasteiger partial charge in [0.15, 0.2) is 0 Å². The standard InChI is InChI=1S/C14H22N2O3/c1-4-11(5-2)14(17)9-15-12-7-6-10(3)8-13(12)16(18)19/h6-8,11,14-15,17H,4-5,9H2,1-3H3. The van der Waals surface area contributed by atoms with Crippen LogP contribution in [0.25, 0.3) is 0 Å². The normalized spacial score (nSPS) is 12.5. The third-order valence-corrected chi connectivity index (χ3v) is 3.44. The zero-order chi connectivity index (χ0) is 14.4. The molecule has 0 aliphatic rings. The fraction of sp³-hybridized carbons (Fsp3) is 0.571. The van der Waals surface area contributed by atoms with Crippen molar-refractivity contribution in [1.29, 1.82) is 0 Å². The molecule has 1 aromatic rings.